The minimum atomic E-state index is -2.75. The van der Waals surface area contributed by atoms with Crippen LogP contribution in [0.3, 0.4) is 0 Å². The van der Waals surface area contributed by atoms with Crippen LogP contribution in [0.25, 0.3) is 0 Å². The quantitative estimate of drug-likeness (QED) is 0.691. The minimum absolute atomic E-state index is 0.0133. The van der Waals surface area contributed by atoms with E-state index >= 15 is 0 Å². The Hall–Kier alpha value is -0.0500. The van der Waals surface area contributed by atoms with E-state index in [1.165, 1.54) is 0 Å². The van der Waals surface area contributed by atoms with Crippen LogP contribution in [-0.4, -0.2) is 19.9 Å². The average molecular weight is 204 g/mol. The standard InChI is InChI=1S/C10H20O2S/c1-5-9(2,3)10(4)6-7-13(11,12)8-10/h5-8H2,1-4H3. The van der Waals surface area contributed by atoms with Crippen LogP contribution < -0.4 is 0 Å². The van der Waals surface area contributed by atoms with Gasteiger partial charge in [0.2, 0.25) is 0 Å². The van der Waals surface area contributed by atoms with E-state index in [1.54, 1.807) is 0 Å². The Morgan fingerprint density at radius 2 is 1.92 bits per heavy atom. The van der Waals surface area contributed by atoms with Crippen LogP contribution in [0.4, 0.5) is 0 Å². The summed E-state index contributed by atoms with van der Waals surface area (Å²) in [6, 6.07) is 0. The Balaban J connectivity index is 2.93. The average Bonchev–Trinajstić information content (AvgIpc) is 2.27. The molecular formula is C10H20O2S. The van der Waals surface area contributed by atoms with Gasteiger partial charge in [-0.15, -0.1) is 0 Å². The molecule has 0 aromatic rings. The van der Waals surface area contributed by atoms with Gasteiger partial charge in [-0.3, -0.25) is 0 Å². The van der Waals surface area contributed by atoms with E-state index in [0.29, 0.717) is 11.5 Å². The number of hydrogen-bond acceptors (Lipinski definition) is 2. The molecule has 0 aromatic carbocycles. The Bertz CT molecular complexity index is 290. The third-order valence-electron chi connectivity index (χ3n) is 4.02. The summed E-state index contributed by atoms with van der Waals surface area (Å²) in [5, 5.41) is 0. The second-order valence-corrected chi connectivity index (χ2v) is 7.32. The lowest BCUT2D eigenvalue weighted by atomic mass is 9.65. The smallest absolute Gasteiger partial charge is 0.150 e. The van der Waals surface area contributed by atoms with Crippen molar-refractivity contribution in [3.63, 3.8) is 0 Å². The molecule has 0 N–H and O–H groups in total. The molecule has 3 heteroatoms. The summed E-state index contributed by atoms with van der Waals surface area (Å²) in [5.74, 6) is 0.758. The second-order valence-electron chi connectivity index (χ2n) is 5.14. The lowest BCUT2D eigenvalue weighted by Crippen LogP contribution is -2.35. The summed E-state index contributed by atoms with van der Waals surface area (Å²) >= 11 is 0. The van der Waals surface area contributed by atoms with Crippen molar-refractivity contribution in [2.24, 2.45) is 10.8 Å². The molecule has 0 aromatic heterocycles. The van der Waals surface area contributed by atoms with Gasteiger partial charge in [0.25, 0.3) is 0 Å². The predicted molar refractivity (Wildman–Crippen MR) is 55.4 cm³/mol. The van der Waals surface area contributed by atoms with Gasteiger partial charge in [-0.05, 0) is 17.3 Å². The molecule has 0 amide bonds. The maximum absolute atomic E-state index is 11.4. The largest absolute Gasteiger partial charge is 0.229 e. The molecule has 13 heavy (non-hydrogen) atoms. The summed E-state index contributed by atoms with van der Waals surface area (Å²) in [5.41, 5.74) is 0.122. The van der Waals surface area contributed by atoms with Gasteiger partial charge in [-0.1, -0.05) is 34.1 Å². The molecule has 1 heterocycles. The van der Waals surface area contributed by atoms with Gasteiger partial charge in [0, 0.05) is 0 Å². The van der Waals surface area contributed by atoms with Crippen LogP contribution >= 0.6 is 0 Å². The Kier molecular flexibility index (Phi) is 2.52. The molecule has 2 nitrogen and oxygen atoms in total. The monoisotopic (exact) mass is 204 g/mol. The fourth-order valence-corrected chi connectivity index (χ4v) is 4.38. The number of rotatable bonds is 2. The molecule has 0 radical (unpaired) electrons. The summed E-state index contributed by atoms with van der Waals surface area (Å²) < 4.78 is 22.8. The first-order valence-corrected chi connectivity index (χ1v) is 6.75. The van der Waals surface area contributed by atoms with Crippen LogP contribution in [-0.2, 0) is 9.84 Å². The molecular weight excluding hydrogens is 184 g/mol. The minimum Gasteiger partial charge on any atom is -0.229 e. The zero-order chi connectivity index (χ0) is 10.3. The van der Waals surface area contributed by atoms with E-state index < -0.39 is 9.84 Å². The molecule has 1 unspecified atom stereocenters. The zero-order valence-electron chi connectivity index (χ0n) is 9.05. The molecule has 0 saturated carbocycles. The van der Waals surface area contributed by atoms with Crippen molar-refractivity contribution in [3.8, 4) is 0 Å². The first kappa shape index (κ1) is 11.0. The zero-order valence-corrected chi connectivity index (χ0v) is 9.87. The topological polar surface area (TPSA) is 34.1 Å². The fourth-order valence-electron chi connectivity index (χ4n) is 1.97. The third-order valence-corrected chi connectivity index (χ3v) is 5.92. The molecule has 1 saturated heterocycles. The summed E-state index contributed by atoms with van der Waals surface area (Å²) in [4.78, 5) is 0. The van der Waals surface area contributed by atoms with Crippen LogP contribution in [0, 0.1) is 10.8 Å². The van der Waals surface area contributed by atoms with Gasteiger partial charge in [0.1, 0.15) is 0 Å². The highest BCUT2D eigenvalue weighted by molar-refractivity contribution is 7.91. The van der Waals surface area contributed by atoms with E-state index in [-0.39, 0.29) is 10.8 Å². The second kappa shape index (κ2) is 2.97. The molecule has 1 rings (SSSR count). The fraction of sp³-hybridized carbons (Fsp3) is 1.00. The van der Waals surface area contributed by atoms with E-state index in [9.17, 15) is 8.42 Å². The highest BCUT2D eigenvalue weighted by atomic mass is 32.2. The molecule has 78 valence electrons. The first-order chi connectivity index (χ1) is 5.72. The molecule has 1 aliphatic heterocycles. The number of hydrogen-bond donors (Lipinski definition) is 0. The van der Waals surface area contributed by atoms with Gasteiger partial charge >= 0.3 is 0 Å². The van der Waals surface area contributed by atoms with Gasteiger partial charge in [-0.25, -0.2) is 8.42 Å². The maximum atomic E-state index is 11.4. The van der Waals surface area contributed by atoms with E-state index in [4.69, 9.17) is 0 Å². The molecule has 0 aliphatic carbocycles. The van der Waals surface area contributed by atoms with Gasteiger partial charge in [0.05, 0.1) is 11.5 Å². The molecule has 0 bridgehead atoms. The maximum Gasteiger partial charge on any atom is 0.150 e. The van der Waals surface area contributed by atoms with Gasteiger partial charge in [0.15, 0.2) is 9.84 Å². The normalized spacial score (nSPS) is 33.5. The van der Waals surface area contributed by atoms with E-state index in [2.05, 4.69) is 27.7 Å². The first-order valence-electron chi connectivity index (χ1n) is 4.93. The highest BCUT2D eigenvalue weighted by Gasteiger charge is 2.47. The molecule has 1 aliphatic rings. The molecule has 1 atom stereocenters. The Labute approximate surface area is 81.6 Å². The van der Waals surface area contributed by atoms with Crippen molar-refractivity contribution in [3.05, 3.63) is 0 Å². The lowest BCUT2D eigenvalue weighted by molar-refractivity contribution is 0.112. The van der Waals surface area contributed by atoms with E-state index in [1.807, 2.05) is 0 Å². The lowest BCUT2D eigenvalue weighted by Gasteiger charge is -2.40. The highest BCUT2D eigenvalue weighted by Crippen LogP contribution is 2.48. The summed E-state index contributed by atoms with van der Waals surface area (Å²) in [7, 11) is -2.75. The molecule has 1 fully saturated rings. The van der Waals surface area contributed by atoms with Gasteiger partial charge < -0.3 is 0 Å². The van der Waals surface area contributed by atoms with Crippen LogP contribution in [0.2, 0.25) is 0 Å². The number of sulfone groups is 1. The Morgan fingerprint density at radius 3 is 2.23 bits per heavy atom. The SMILES string of the molecule is CCC(C)(C)C1(C)CCS(=O)(=O)C1. The van der Waals surface area contributed by atoms with Crippen molar-refractivity contribution in [1.29, 1.82) is 0 Å². The summed E-state index contributed by atoms with van der Waals surface area (Å²) in [6.07, 6.45) is 1.87. The Morgan fingerprint density at radius 1 is 1.38 bits per heavy atom. The van der Waals surface area contributed by atoms with Gasteiger partial charge in [-0.2, -0.15) is 0 Å². The van der Waals surface area contributed by atoms with Crippen LogP contribution in [0.15, 0.2) is 0 Å². The van der Waals surface area contributed by atoms with Crippen molar-refractivity contribution in [2.75, 3.05) is 11.5 Å². The van der Waals surface area contributed by atoms with Crippen LogP contribution in [0.1, 0.15) is 40.5 Å². The summed E-state index contributed by atoms with van der Waals surface area (Å²) in [6.45, 7) is 8.60. The molecule has 0 spiro atoms. The van der Waals surface area contributed by atoms with Crippen molar-refractivity contribution >= 4 is 9.84 Å². The predicted octanol–water partition coefficient (Wildman–Crippen LogP) is 2.25. The van der Waals surface area contributed by atoms with Crippen molar-refractivity contribution in [2.45, 2.75) is 40.5 Å². The van der Waals surface area contributed by atoms with Crippen molar-refractivity contribution in [1.82, 2.24) is 0 Å². The van der Waals surface area contributed by atoms with Crippen LogP contribution in [0.5, 0.6) is 0 Å². The van der Waals surface area contributed by atoms with Crippen molar-refractivity contribution < 1.29 is 8.42 Å². The third kappa shape index (κ3) is 1.90. The van der Waals surface area contributed by atoms with E-state index in [0.717, 1.165) is 12.8 Å².